The number of hydrogen-bond acceptors (Lipinski definition) is 6. The molecule has 0 aliphatic carbocycles. The Balaban J connectivity index is 3.98. The van der Waals surface area contributed by atoms with Crippen molar-refractivity contribution in [2.45, 2.75) is 206 Å². The third-order valence-corrected chi connectivity index (χ3v) is 9.99. The second-order valence-electron chi connectivity index (χ2n) is 15.0. The van der Waals surface area contributed by atoms with E-state index in [2.05, 4.69) is 79.1 Å². The molecule has 328 valence electrons. The van der Waals surface area contributed by atoms with Crippen molar-refractivity contribution in [1.82, 2.24) is 0 Å². The summed E-state index contributed by atoms with van der Waals surface area (Å²) < 4.78 is 26.4. The number of carbonyl (C=O) groups is 2. The van der Waals surface area contributed by atoms with Crippen LogP contribution in [0.1, 0.15) is 200 Å². The van der Waals surface area contributed by atoms with Gasteiger partial charge in [0, 0.05) is 12.8 Å². The maximum Gasteiger partial charge on any atom is 0.469 e. The molecule has 0 saturated heterocycles. The molecular weight excluding hydrogens is 735 g/mol. The van der Waals surface area contributed by atoms with E-state index < -0.39 is 32.5 Å². The summed E-state index contributed by atoms with van der Waals surface area (Å²) in [6.07, 6.45) is 56.4. The molecule has 0 aliphatic heterocycles. The van der Waals surface area contributed by atoms with Crippen molar-refractivity contribution in [2.24, 2.45) is 0 Å². The van der Waals surface area contributed by atoms with Crippen LogP contribution in [0, 0.1) is 0 Å². The van der Waals surface area contributed by atoms with E-state index in [9.17, 15) is 14.2 Å². The van der Waals surface area contributed by atoms with Gasteiger partial charge in [0.2, 0.25) is 0 Å². The Morgan fingerprint density at radius 3 is 1.23 bits per heavy atom. The summed E-state index contributed by atoms with van der Waals surface area (Å²) in [5, 5.41) is 0. The minimum absolute atomic E-state index is 0.140. The lowest BCUT2D eigenvalue weighted by molar-refractivity contribution is -0.161. The zero-order valence-electron chi connectivity index (χ0n) is 36.2. The number of unbranched alkanes of at least 4 members (excludes halogenated alkanes) is 19. The average molecular weight is 819 g/mol. The zero-order valence-corrected chi connectivity index (χ0v) is 37.1. The highest BCUT2D eigenvalue weighted by atomic mass is 31.2. The topological polar surface area (TPSA) is 119 Å². The fraction of sp³-hybridized carbons (Fsp3) is 0.708. The molecule has 0 amide bonds. The number of esters is 2. The van der Waals surface area contributed by atoms with E-state index in [0.29, 0.717) is 12.8 Å². The van der Waals surface area contributed by atoms with Gasteiger partial charge in [-0.2, -0.15) is 0 Å². The van der Waals surface area contributed by atoms with E-state index in [-0.39, 0.29) is 19.4 Å². The number of carbonyl (C=O) groups excluding carboxylic acids is 2. The summed E-state index contributed by atoms with van der Waals surface area (Å²) in [6.45, 7) is 3.52. The van der Waals surface area contributed by atoms with Gasteiger partial charge in [0.05, 0.1) is 6.61 Å². The number of ether oxygens (including phenoxy) is 2. The molecule has 0 radical (unpaired) electrons. The first-order chi connectivity index (χ1) is 27.8. The second-order valence-corrected chi connectivity index (χ2v) is 16.2. The first-order valence-corrected chi connectivity index (χ1v) is 24.3. The van der Waals surface area contributed by atoms with Crippen LogP contribution in [-0.2, 0) is 28.2 Å². The van der Waals surface area contributed by atoms with Crippen LogP contribution in [0.25, 0.3) is 0 Å². The van der Waals surface area contributed by atoms with Gasteiger partial charge in [-0.3, -0.25) is 14.1 Å². The molecule has 2 N–H and O–H groups in total. The highest BCUT2D eigenvalue weighted by Gasteiger charge is 2.22. The maximum absolute atomic E-state index is 12.4. The van der Waals surface area contributed by atoms with Crippen molar-refractivity contribution in [3.05, 3.63) is 72.9 Å². The summed E-state index contributed by atoms with van der Waals surface area (Å²) >= 11 is 0. The Bertz CT molecular complexity index is 1150. The summed E-state index contributed by atoms with van der Waals surface area (Å²) in [4.78, 5) is 42.9. The maximum atomic E-state index is 12.4. The predicted molar refractivity (Wildman–Crippen MR) is 239 cm³/mol. The molecule has 9 heteroatoms. The molecule has 1 atom stereocenters. The van der Waals surface area contributed by atoms with Crippen molar-refractivity contribution >= 4 is 19.8 Å². The first kappa shape index (κ1) is 54.5. The van der Waals surface area contributed by atoms with Crippen LogP contribution in [0.15, 0.2) is 72.9 Å². The Labute approximate surface area is 349 Å². The molecule has 0 rings (SSSR count). The quantitative estimate of drug-likeness (QED) is 0.0271. The molecule has 0 aromatic rings. The lowest BCUT2D eigenvalue weighted by Crippen LogP contribution is -2.29. The molecule has 57 heavy (non-hydrogen) atoms. The van der Waals surface area contributed by atoms with Gasteiger partial charge in [-0.05, 0) is 51.4 Å². The highest BCUT2D eigenvalue weighted by molar-refractivity contribution is 7.46. The molecule has 0 spiro atoms. The van der Waals surface area contributed by atoms with Crippen LogP contribution in [0.5, 0.6) is 0 Å². The number of phosphoric ester groups is 1. The second kappa shape index (κ2) is 43.1. The van der Waals surface area contributed by atoms with Gasteiger partial charge < -0.3 is 19.3 Å². The van der Waals surface area contributed by atoms with Crippen LogP contribution in [0.2, 0.25) is 0 Å². The van der Waals surface area contributed by atoms with E-state index in [1.807, 2.05) is 12.2 Å². The van der Waals surface area contributed by atoms with Gasteiger partial charge in [-0.25, -0.2) is 4.57 Å². The molecule has 0 heterocycles. The van der Waals surface area contributed by atoms with Gasteiger partial charge >= 0.3 is 19.8 Å². The molecule has 0 aliphatic rings. The van der Waals surface area contributed by atoms with Crippen molar-refractivity contribution in [3.8, 4) is 0 Å². The van der Waals surface area contributed by atoms with Crippen LogP contribution < -0.4 is 0 Å². The smallest absolute Gasteiger partial charge is 0.462 e. The zero-order chi connectivity index (χ0) is 41.8. The minimum Gasteiger partial charge on any atom is -0.462 e. The predicted octanol–water partition coefficient (Wildman–Crippen LogP) is 14.2. The van der Waals surface area contributed by atoms with E-state index in [1.165, 1.54) is 103 Å². The SMILES string of the molecule is CC/C=C/C/C=C/C/C=C/C/C=C/C/C=C/C/C=C/CCC(=O)OC[C@H](COP(=O)(O)O)OC(=O)CCCCCCCCCCCCCCCCCCCCCC. The number of hydrogen-bond donors (Lipinski definition) is 2. The summed E-state index contributed by atoms with van der Waals surface area (Å²) in [5.74, 6) is -0.980. The Hall–Kier alpha value is -2.51. The molecule has 0 aromatic carbocycles. The lowest BCUT2D eigenvalue weighted by Gasteiger charge is -2.18. The van der Waals surface area contributed by atoms with E-state index >= 15 is 0 Å². The van der Waals surface area contributed by atoms with Crippen molar-refractivity contribution in [1.29, 1.82) is 0 Å². The largest absolute Gasteiger partial charge is 0.469 e. The molecule has 0 bridgehead atoms. The van der Waals surface area contributed by atoms with Crippen LogP contribution in [0.4, 0.5) is 0 Å². The van der Waals surface area contributed by atoms with Crippen molar-refractivity contribution < 1.29 is 37.9 Å². The van der Waals surface area contributed by atoms with Gasteiger partial charge in [0.1, 0.15) is 6.61 Å². The number of phosphoric acid groups is 1. The molecule has 0 unspecified atom stereocenters. The Morgan fingerprint density at radius 2 is 0.842 bits per heavy atom. The number of allylic oxidation sites excluding steroid dienone is 12. The van der Waals surface area contributed by atoms with Gasteiger partial charge in [0.25, 0.3) is 0 Å². The highest BCUT2D eigenvalue weighted by Crippen LogP contribution is 2.36. The average Bonchev–Trinajstić information content (AvgIpc) is 3.18. The van der Waals surface area contributed by atoms with Gasteiger partial charge in [-0.1, -0.05) is 209 Å². The third-order valence-electron chi connectivity index (χ3n) is 9.50. The first-order valence-electron chi connectivity index (χ1n) is 22.7. The van der Waals surface area contributed by atoms with E-state index in [0.717, 1.165) is 57.8 Å². The fourth-order valence-electron chi connectivity index (χ4n) is 6.16. The van der Waals surface area contributed by atoms with E-state index in [1.54, 1.807) is 0 Å². The van der Waals surface area contributed by atoms with Gasteiger partial charge in [-0.15, -0.1) is 0 Å². The van der Waals surface area contributed by atoms with Crippen molar-refractivity contribution in [3.63, 3.8) is 0 Å². The summed E-state index contributed by atoms with van der Waals surface area (Å²) in [5.41, 5.74) is 0. The Kier molecular flexibility index (Phi) is 41.2. The summed E-state index contributed by atoms with van der Waals surface area (Å²) in [6, 6.07) is 0. The van der Waals surface area contributed by atoms with Crippen LogP contribution in [0.3, 0.4) is 0 Å². The molecule has 0 aromatic heterocycles. The molecule has 0 fully saturated rings. The van der Waals surface area contributed by atoms with E-state index in [4.69, 9.17) is 19.3 Å². The molecule has 0 saturated carbocycles. The normalized spacial score (nSPS) is 13.1. The molecule has 8 nitrogen and oxygen atoms in total. The van der Waals surface area contributed by atoms with Gasteiger partial charge in [0.15, 0.2) is 6.10 Å². The molecular formula is C48H83O8P. The fourth-order valence-corrected chi connectivity index (χ4v) is 6.53. The lowest BCUT2D eigenvalue weighted by atomic mass is 10.0. The van der Waals surface area contributed by atoms with Crippen LogP contribution in [-0.4, -0.2) is 41.0 Å². The van der Waals surface area contributed by atoms with Crippen molar-refractivity contribution in [2.75, 3.05) is 13.2 Å². The Morgan fingerprint density at radius 1 is 0.474 bits per heavy atom. The van der Waals surface area contributed by atoms with Crippen LogP contribution >= 0.6 is 7.82 Å². The summed E-state index contributed by atoms with van der Waals surface area (Å²) in [7, 11) is -4.78. The third kappa shape index (κ3) is 46.1. The monoisotopic (exact) mass is 819 g/mol. The standard InChI is InChI=1S/C48H83O8P/c1-3-5-7-9-11-13-15-17-19-21-23-25-27-29-31-33-35-37-39-41-43-48(50)56-46(45-55-57(51,52)53)44-54-47(49)42-40-38-36-34-32-30-28-26-24-22-20-18-16-14-12-10-8-6-4-2/h6,8,12,14,18,20,24,26,30,32,36,38,46H,3-5,7,9-11,13,15-17,19,21-23,25,27-29,31,33-35,37,39-45H2,1-2H3,(H2,51,52,53)/b8-6+,14-12+,20-18+,26-24+,32-30+,38-36+/t46-/m1/s1. The number of rotatable bonds is 41. The minimum atomic E-state index is -4.78.